The molecule has 0 spiro atoms. The van der Waals surface area contributed by atoms with Crippen molar-refractivity contribution in [3.8, 4) is 11.5 Å². The lowest BCUT2D eigenvalue weighted by atomic mass is 9.88. The van der Waals surface area contributed by atoms with Crippen molar-refractivity contribution in [2.75, 3.05) is 6.79 Å². The highest BCUT2D eigenvalue weighted by molar-refractivity contribution is 5.94. The number of carbonyl (C=O) groups excluding carboxylic acids is 2. The predicted octanol–water partition coefficient (Wildman–Crippen LogP) is 3.54. The molecule has 0 bridgehead atoms. The number of carbonyl (C=O) groups is 2. The highest BCUT2D eigenvalue weighted by atomic mass is 16.7. The molecule has 0 radical (unpaired) electrons. The lowest BCUT2D eigenvalue weighted by Gasteiger charge is -2.20. The number of hydrogen-bond acceptors (Lipinski definition) is 4. The van der Waals surface area contributed by atoms with Crippen LogP contribution in [0.15, 0.2) is 42.5 Å². The van der Waals surface area contributed by atoms with Gasteiger partial charge < -0.3 is 20.1 Å². The fraction of sp³-hybridized carbons (Fsp3) is 0.391. The third-order valence-corrected chi connectivity index (χ3v) is 5.55. The molecule has 2 amide bonds. The Balaban J connectivity index is 1.26. The summed E-state index contributed by atoms with van der Waals surface area (Å²) in [6.45, 7) is 1.14. The van der Waals surface area contributed by atoms with E-state index < -0.39 is 0 Å². The topological polar surface area (TPSA) is 76.7 Å². The highest BCUT2D eigenvalue weighted by Crippen LogP contribution is 2.32. The molecule has 152 valence electrons. The Hall–Kier alpha value is -3.02. The molecule has 2 aromatic rings. The molecule has 0 saturated heterocycles. The van der Waals surface area contributed by atoms with E-state index in [0.29, 0.717) is 24.4 Å². The first-order chi connectivity index (χ1) is 14.2. The van der Waals surface area contributed by atoms with Crippen LogP contribution in [0.1, 0.15) is 53.6 Å². The molecule has 4 rings (SSSR count). The van der Waals surface area contributed by atoms with E-state index in [1.165, 1.54) is 6.42 Å². The third kappa shape index (κ3) is 4.88. The second-order valence-electron chi connectivity index (χ2n) is 7.62. The zero-order valence-electron chi connectivity index (χ0n) is 16.4. The minimum absolute atomic E-state index is 0.138. The van der Waals surface area contributed by atoms with Gasteiger partial charge in [0.1, 0.15) is 0 Å². The van der Waals surface area contributed by atoms with Crippen molar-refractivity contribution < 1.29 is 19.1 Å². The summed E-state index contributed by atoms with van der Waals surface area (Å²) in [6.07, 6.45) is 5.52. The summed E-state index contributed by atoms with van der Waals surface area (Å²) in [5.74, 6) is 1.60. The van der Waals surface area contributed by atoms with Crippen LogP contribution in [0, 0.1) is 5.92 Å². The molecule has 2 N–H and O–H groups in total. The Morgan fingerprint density at radius 2 is 1.52 bits per heavy atom. The van der Waals surface area contributed by atoms with Crippen molar-refractivity contribution >= 4 is 11.8 Å². The van der Waals surface area contributed by atoms with Crippen LogP contribution in [-0.4, -0.2) is 18.6 Å². The SMILES string of the molecule is O=C(NCc1ccc2c(c1)OCO2)c1ccc(CNC(=O)C2CCCCC2)cc1. The number of rotatable bonds is 6. The molecule has 1 saturated carbocycles. The zero-order valence-corrected chi connectivity index (χ0v) is 16.4. The van der Waals surface area contributed by atoms with Crippen molar-refractivity contribution in [2.45, 2.75) is 45.2 Å². The normalized spacial score (nSPS) is 15.7. The fourth-order valence-electron chi connectivity index (χ4n) is 3.81. The molecule has 2 aliphatic rings. The standard InChI is InChI=1S/C23H26N2O4/c26-22(18-4-2-1-3-5-18)24-13-16-6-9-19(10-7-16)23(27)25-14-17-8-11-20-21(12-17)29-15-28-20/h6-12,18H,1-5,13-15H2,(H,24,26)(H,25,27). The van der Waals surface area contributed by atoms with Gasteiger partial charge in [-0.1, -0.05) is 37.5 Å². The molecule has 1 aliphatic carbocycles. The number of benzene rings is 2. The summed E-state index contributed by atoms with van der Waals surface area (Å²) in [4.78, 5) is 24.6. The molecule has 2 aromatic carbocycles. The van der Waals surface area contributed by atoms with E-state index in [2.05, 4.69) is 10.6 Å². The molecule has 6 heteroatoms. The monoisotopic (exact) mass is 394 g/mol. The second kappa shape index (κ2) is 8.99. The number of amides is 2. The van der Waals surface area contributed by atoms with Crippen molar-refractivity contribution in [2.24, 2.45) is 5.92 Å². The van der Waals surface area contributed by atoms with Gasteiger partial charge >= 0.3 is 0 Å². The van der Waals surface area contributed by atoms with Crippen LogP contribution in [0.5, 0.6) is 11.5 Å². The molecule has 1 aliphatic heterocycles. The summed E-state index contributed by atoms with van der Waals surface area (Å²) in [7, 11) is 0. The smallest absolute Gasteiger partial charge is 0.251 e. The van der Waals surface area contributed by atoms with Gasteiger partial charge in [0.05, 0.1) is 0 Å². The second-order valence-corrected chi connectivity index (χ2v) is 7.62. The maximum absolute atomic E-state index is 12.4. The van der Waals surface area contributed by atoms with Gasteiger partial charge in [-0.3, -0.25) is 9.59 Å². The van der Waals surface area contributed by atoms with E-state index in [4.69, 9.17) is 9.47 Å². The average Bonchev–Trinajstić information content (AvgIpc) is 3.24. The molecular formula is C23H26N2O4. The predicted molar refractivity (Wildman–Crippen MR) is 109 cm³/mol. The lowest BCUT2D eigenvalue weighted by molar-refractivity contribution is -0.126. The summed E-state index contributed by atoms with van der Waals surface area (Å²) in [6, 6.07) is 13.0. The van der Waals surface area contributed by atoms with E-state index in [0.717, 1.165) is 42.6 Å². The van der Waals surface area contributed by atoms with E-state index >= 15 is 0 Å². The van der Waals surface area contributed by atoms with Gasteiger partial charge in [-0.15, -0.1) is 0 Å². The molecule has 6 nitrogen and oxygen atoms in total. The van der Waals surface area contributed by atoms with Crippen molar-refractivity contribution in [3.63, 3.8) is 0 Å². The van der Waals surface area contributed by atoms with Gasteiger partial charge in [0.15, 0.2) is 11.5 Å². The van der Waals surface area contributed by atoms with Gasteiger partial charge in [0.25, 0.3) is 5.91 Å². The summed E-state index contributed by atoms with van der Waals surface area (Å²) in [5, 5.41) is 5.94. The average molecular weight is 394 g/mol. The third-order valence-electron chi connectivity index (χ3n) is 5.55. The number of nitrogens with one attached hydrogen (secondary N) is 2. The highest BCUT2D eigenvalue weighted by Gasteiger charge is 2.20. The largest absolute Gasteiger partial charge is 0.454 e. The first-order valence-corrected chi connectivity index (χ1v) is 10.2. The van der Waals surface area contributed by atoms with Crippen LogP contribution in [0.3, 0.4) is 0 Å². The maximum atomic E-state index is 12.4. The van der Waals surface area contributed by atoms with Gasteiger partial charge in [-0.2, -0.15) is 0 Å². The number of hydrogen-bond donors (Lipinski definition) is 2. The number of fused-ring (bicyclic) bond motifs is 1. The molecule has 0 aromatic heterocycles. The Kier molecular flexibility index (Phi) is 5.98. The van der Waals surface area contributed by atoms with E-state index in [1.807, 2.05) is 30.3 Å². The Morgan fingerprint density at radius 3 is 2.31 bits per heavy atom. The summed E-state index contributed by atoms with van der Waals surface area (Å²) in [5.41, 5.74) is 2.53. The Morgan fingerprint density at radius 1 is 0.828 bits per heavy atom. The van der Waals surface area contributed by atoms with E-state index in [-0.39, 0.29) is 24.5 Å². The first kappa shape index (κ1) is 19.3. The van der Waals surface area contributed by atoms with Crippen LogP contribution >= 0.6 is 0 Å². The van der Waals surface area contributed by atoms with E-state index in [9.17, 15) is 9.59 Å². The van der Waals surface area contributed by atoms with Gasteiger partial charge in [0.2, 0.25) is 12.7 Å². The van der Waals surface area contributed by atoms with Gasteiger partial charge in [-0.25, -0.2) is 0 Å². The number of ether oxygens (including phenoxy) is 2. The van der Waals surface area contributed by atoms with Crippen LogP contribution < -0.4 is 20.1 Å². The minimum atomic E-state index is -0.138. The summed E-state index contributed by atoms with van der Waals surface area (Å²) >= 11 is 0. The van der Waals surface area contributed by atoms with Crippen LogP contribution in [0.2, 0.25) is 0 Å². The molecular weight excluding hydrogens is 368 g/mol. The van der Waals surface area contributed by atoms with Gasteiger partial charge in [-0.05, 0) is 48.2 Å². The maximum Gasteiger partial charge on any atom is 0.251 e. The fourth-order valence-corrected chi connectivity index (χ4v) is 3.81. The van der Waals surface area contributed by atoms with Crippen LogP contribution in [-0.2, 0) is 17.9 Å². The minimum Gasteiger partial charge on any atom is -0.454 e. The quantitative estimate of drug-likeness (QED) is 0.786. The zero-order chi connectivity index (χ0) is 20.1. The van der Waals surface area contributed by atoms with Gasteiger partial charge in [0, 0.05) is 24.6 Å². The first-order valence-electron chi connectivity index (χ1n) is 10.2. The molecule has 0 unspecified atom stereocenters. The molecule has 1 heterocycles. The Bertz CT molecular complexity index is 873. The molecule has 29 heavy (non-hydrogen) atoms. The van der Waals surface area contributed by atoms with Crippen molar-refractivity contribution in [1.82, 2.24) is 10.6 Å². The summed E-state index contributed by atoms with van der Waals surface area (Å²) < 4.78 is 10.6. The Labute approximate surface area is 170 Å². The van der Waals surface area contributed by atoms with Crippen LogP contribution in [0.25, 0.3) is 0 Å². The molecule has 0 atom stereocenters. The lowest BCUT2D eigenvalue weighted by Crippen LogP contribution is -2.31. The van der Waals surface area contributed by atoms with Crippen molar-refractivity contribution in [3.05, 3.63) is 59.2 Å². The van der Waals surface area contributed by atoms with E-state index in [1.54, 1.807) is 12.1 Å². The van der Waals surface area contributed by atoms with Crippen LogP contribution in [0.4, 0.5) is 0 Å². The van der Waals surface area contributed by atoms with Crippen molar-refractivity contribution in [1.29, 1.82) is 0 Å². The molecule has 1 fully saturated rings.